The average molecular weight is 252 g/mol. The van der Waals surface area contributed by atoms with Gasteiger partial charge in [0.25, 0.3) is 0 Å². The smallest absolute Gasteiger partial charge is 0.334 e. The zero-order chi connectivity index (χ0) is 14.7. The molecule has 0 N–H and O–H groups in total. The fraction of sp³-hybridized carbons (Fsp3) is 0.286. The molecule has 0 amide bonds. The second-order valence-corrected chi connectivity index (χ2v) is 3.39. The Balaban J connectivity index is 0. The zero-order valence-electron chi connectivity index (χ0n) is 11.2. The minimum absolute atomic E-state index is 0.347. The number of hydrogen-bond acceptors (Lipinski definition) is 4. The molecule has 4 nitrogen and oxygen atoms in total. The van der Waals surface area contributed by atoms with Crippen LogP contribution in [0, 0.1) is 0 Å². The second-order valence-electron chi connectivity index (χ2n) is 3.39. The molecule has 4 heteroatoms. The number of carbonyl (C=O) groups is 2. The van der Waals surface area contributed by atoms with E-state index in [0.717, 1.165) is 0 Å². The first-order chi connectivity index (χ1) is 8.29. The number of hydrogen-bond donors (Lipinski definition) is 0. The Morgan fingerprint density at radius 1 is 1.00 bits per heavy atom. The number of rotatable bonds is 5. The van der Waals surface area contributed by atoms with E-state index >= 15 is 0 Å². The Morgan fingerprint density at radius 3 is 1.56 bits per heavy atom. The maximum atomic E-state index is 10.9. The van der Waals surface area contributed by atoms with E-state index in [1.54, 1.807) is 13.8 Å². The van der Waals surface area contributed by atoms with Gasteiger partial charge in [-0.15, -0.1) is 0 Å². The summed E-state index contributed by atoms with van der Waals surface area (Å²) in [6.07, 6.45) is 2.57. The maximum Gasteiger partial charge on any atom is 0.334 e. The Labute approximate surface area is 108 Å². The summed E-state index contributed by atoms with van der Waals surface area (Å²) in [5.74, 6) is -0.769. The Bertz CT molecular complexity index is 345. The molecule has 0 aromatic heterocycles. The molecule has 0 aliphatic carbocycles. The lowest BCUT2D eigenvalue weighted by Crippen LogP contribution is -2.13. The molecule has 0 radical (unpaired) electrons. The van der Waals surface area contributed by atoms with Crippen molar-refractivity contribution in [2.75, 3.05) is 7.11 Å². The normalized spacial score (nSPS) is 8.44. The van der Waals surface area contributed by atoms with Gasteiger partial charge in [-0.2, -0.15) is 0 Å². The summed E-state index contributed by atoms with van der Waals surface area (Å²) in [5, 5.41) is 0. The fourth-order valence-electron chi connectivity index (χ4n) is 0.591. The van der Waals surface area contributed by atoms with E-state index in [9.17, 15) is 9.59 Å². The van der Waals surface area contributed by atoms with Crippen LogP contribution in [0.5, 0.6) is 0 Å². The minimum atomic E-state index is -0.421. The van der Waals surface area contributed by atoms with Crippen molar-refractivity contribution in [3.8, 4) is 0 Å². The zero-order valence-corrected chi connectivity index (χ0v) is 11.2. The van der Waals surface area contributed by atoms with Crippen molar-refractivity contribution in [1.29, 1.82) is 0 Å². The van der Waals surface area contributed by atoms with Gasteiger partial charge in [0, 0.05) is 11.1 Å². The van der Waals surface area contributed by atoms with Gasteiger partial charge in [-0.1, -0.05) is 26.3 Å². The van der Waals surface area contributed by atoms with Crippen molar-refractivity contribution >= 4 is 11.9 Å². The molecule has 0 fully saturated rings. The van der Waals surface area contributed by atoms with Crippen LogP contribution in [-0.4, -0.2) is 25.2 Å². The van der Waals surface area contributed by atoms with Gasteiger partial charge in [-0.05, 0) is 26.0 Å². The van der Waals surface area contributed by atoms with E-state index in [4.69, 9.17) is 4.74 Å². The van der Waals surface area contributed by atoms with E-state index < -0.39 is 12.1 Å². The number of methoxy groups -OCH3 is 1. The standard InChI is InChI=1S/C9H12O2.C5H8O2/c1-5-8(6-2)11-9(10)7(3)4;1-4(2)5(6)7-3/h5-6,8H,1-3H2,4H3;1H2,2-3H3. The Morgan fingerprint density at radius 2 is 1.39 bits per heavy atom. The van der Waals surface area contributed by atoms with Gasteiger partial charge in [0.05, 0.1) is 7.11 Å². The molecule has 0 bridgehead atoms. The lowest BCUT2D eigenvalue weighted by Gasteiger charge is -2.08. The molecule has 0 spiro atoms. The van der Waals surface area contributed by atoms with Gasteiger partial charge in [-0.3, -0.25) is 0 Å². The van der Waals surface area contributed by atoms with Crippen molar-refractivity contribution in [2.24, 2.45) is 0 Å². The molecule has 0 aromatic carbocycles. The minimum Gasteiger partial charge on any atom is -0.466 e. The summed E-state index contributed by atoms with van der Waals surface area (Å²) in [6.45, 7) is 16.9. The van der Waals surface area contributed by atoms with Crippen molar-refractivity contribution < 1.29 is 19.1 Å². The quantitative estimate of drug-likeness (QED) is 0.429. The molecule has 0 rings (SSSR count). The summed E-state index contributed by atoms with van der Waals surface area (Å²) < 4.78 is 9.11. The third kappa shape index (κ3) is 9.15. The highest BCUT2D eigenvalue weighted by Gasteiger charge is 2.06. The number of carbonyl (C=O) groups excluding carboxylic acids is 2. The highest BCUT2D eigenvalue weighted by Crippen LogP contribution is 1.99. The van der Waals surface area contributed by atoms with Crippen LogP contribution in [0.3, 0.4) is 0 Å². The van der Waals surface area contributed by atoms with Crippen LogP contribution in [0.25, 0.3) is 0 Å². The Kier molecular flexibility index (Phi) is 10.2. The van der Waals surface area contributed by atoms with Gasteiger partial charge in [-0.25, -0.2) is 9.59 Å². The van der Waals surface area contributed by atoms with Gasteiger partial charge in [0.2, 0.25) is 0 Å². The third-order valence-electron chi connectivity index (χ3n) is 1.59. The van der Waals surface area contributed by atoms with E-state index in [1.807, 2.05) is 0 Å². The van der Waals surface area contributed by atoms with Crippen molar-refractivity contribution in [2.45, 2.75) is 20.0 Å². The molecule has 0 aliphatic rings. The first-order valence-corrected chi connectivity index (χ1v) is 5.15. The Hall–Kier alpha value is -2.10. The van der Waals surface area contributed by atoms with Crippen LogP contribution in [0.1, 0.15) is 13.8 Å². The fourth-order valence-corrected chi connectivity index (χ4v) is 0.591. The van der Waals surface area contributed by atoms with E-state index in [0.29, 0.717) is 11.1 Å². The predicted molar refractivity (Wildman–Crippen MR) is 71.9 cm³/mol. The van der Waals surface area contributed by atoms with E-state index in [-0.39, 0.29) is 5.97 Å². The summed E-state index contributed by atoms with van der Waals surface area (Å²) in [6, 6.07) is 0. The van der Waals surface area contributed by atoms with E-state index in [1.165, 1.54) is 19.3 Å². The molecule has 100 valence electrons. The highest BCUT2D eigenvalue weighted by atomic mass is 16.5. The second kappa shape index (κ2) is 10.1. The topological polar surface area (TPSA) is 52.6 Å². The maximum absolute atomic E-state index is 10.9. The third-order valence-corrected chi connectivity index (χ3v) is 1.59. The van der Waals surface area contributed by atoms with Crippen LogP contribution in [0.4, 0.5) is 0 Å². The summed E-state index contributed by atoms with van der Waals surface area (Å²) in [4.78, 5) is 21.0. The molecule has 0 saturated heterocycles. The molecule has 0 aliphatic heterocycles. The number of ether oxygens (including phenoxy) is 2. The molecule has 0 unspecified atom stereocenters. The highest BCUT2D eigenvalue weighted by molar-refractivity contribution is 5.87. The van der Waals surface area contributed by atoms with Gasteiger partial charge in [0.15, 0.2) is 0 Å². The molecule has 0 aromatic rings. The predicted octanol–water partition coefficient (Wildman–Crippen LogP) is 2.58. The first-order valence-electron chi connectivity index (χ1n) is 5.15. The van der Waals surface area contributed by atoms with Crippen LogP contribution >= 0.6 is 0 Å². The summed E-state index contributed by atoms with van der Waals surface area (Å²) in [5.41, 5.74) is 0.807. The van der Waals surface area contributed by atoms with Crippen molar-refractivity contribution in [3.63, 3.8) is 0 Å². The lowest BCUT2D eigenvalue weighted by atomic mass is 10.3. The SMILES string of the molecule is C=C(C)C(=O)OC.C=CC(C=C)OC(=O)C(=C)C. The summed E-state index contributed by atoms with van der Waals surface area (Å²) in [7, 11) is 1.33. The van der Waals surface area contributed by atoms with Crippen molar-refractivity contribution in [3.05, 3.63) is 49.6 Å². The number of esters is 2. The van der Waals surface area contributed by atoms with Gasteiger partial charge >= 0.3 is 11.9 Å². The van der Waals surface area contributed by atoms with Gasteiger partial charge in [0.1, 0.15) is 6.10 Å². The average Bonchev–Trinajstić information content (AvgIpc) is 2.34. The first kappa shape index (κ1) is 18.3. The van der Waals surface area contributed by atoms with Crippen LogP contribution in [0.15, 0.2) is 49.6 Å². The summed E-state index contributed by atoms with van der Waals surface area (Å²) >= 11 is 0. The molecule has 0 atom stereocenters. The van der Waals surface area contributed by atoms with Crippen LogP contribution in [-0.2, 0) is 19.1 Å². The van der Waals surface area contributed by atoms with Crippen molar-refractivity contribution in [1.82, 2.24) is 0 Å². The monoisotopic (exact) mass is 252 g/mol. The largest absolute Gasteiger partial charge is 0.466 e. The molecule has 0 heterocycles. The van der Waals surface area contributed by atoms with Gasteiger partial charge < -0.3 is 9.47 Å². The molecular weight excluding hydrogens is 232 g/mol. The van der Waals surface area contributed by atoms with Crippen LogP contribution in [0.2, 0.25) is 0 Å². The lowest BCUT2D eigenvalue weighted by molar-refractivity contribution is -0.140. The van der Waals surface area contributed by atoms with Crippen LogP contribution < -0.4 is 0 Å². The molecular formula is C14H20O4. The molecule has 0 saturated carbocycles. The van der Waals surface area contributed by atoms with E-state index in [2.05, 4.69) is 31.1 Å². The molecule has 18 heavy (non-hydrogen) atoms.